The van der Waals surface area contributed by atoms with Crippen molar-refractivity contribution in [1.29, 1.82) is 0 Å². The fraction of sp³-hybridized carbons (Fsp3) is 0.308. The van der Waals surface area contributed by atoms with E-state index in [1.165, 1.54) is 12.0 Å². The lowest BCUT2D eigenvalue weighted by molar-refractivity contribution is 0.225. The zero-order valence-electron chi connectivity index (χ0n) is 9.02. The molecule has 2 N–H and O–H groups in total. The van der Waals surface area contributed by atoms with Crippen LogP contribution in [0.3, 0.4) is 0 Å². The minimum atomic E-state index is 0.0458. The molecule has 1 heterocycles. The normalized spacial score (nSPS) is 18.0. The summed E-state index contributed by atoms with van der Waals surface area (Å²) in [4.78, 5) is 0. The molecule has 0 unspecified atom stereocenters. The monoisotopic (exact) mass is 214 g/mol. The van der Waals surface area contributed by atoms with Crippen LogP contribution < -0.4 is 5.73 Å². The lowest BCUT2D eigenvalue weighted by Gasteiger charge is -2.40. The van der Waals surface area contributed by atoms with Crippen LogP contribution in [0.25, 0.3) is 0 Å². The molecule has 1 aliphatic carbocycles. The fourth-order valence-corrected chi connectivity index (χ4v) is 2.47. The maximum Gasteiger partial charge on any atom is 0.147 e. The van der Waals surface area contributed by atoms with Crippen molar-refractivity contribution in [3.63, 3.8) is 0 Å². The number of nitrogens with two attached hydrogens (primary N) is 1. The van der Waals surface area contributed by atoms with Crippen molar-refractivity contribution in [1.82, 2.24) is 5.16 Å². The largest absolute Gasteiger partial charge is 0.399 e. The number of anilines is 1. The Morgan fingerprint density at radius 3 is 2.38 bits per heavy atom. The molecule has 2 aromatic rings. The Labute approximate surface area is 94.2 Å². The summed E-state index contributed by atoms with van der Waals surface area (Å²) >= 11 is 0. The summed E-state index contributed by atoms with van der Waals surface area (Å²) in [5.74, 6) is 0.975. The Kier molecular flexibility index (Phi) is 1.99. The second kappa shape index (κ2) is 3.37. The van der Waals surface area contributed by atoms with Gasteiger partial charge in [-0.05, 0) is 30.5 Å². The van der Waals surface area contributed by atoms with E-state index in [1.54, 1.807) is 6.20 Å². The van der Waals surface area contributed by atoms with Crippen LogP contribution in [-0.4, -0.2) is 5.16 Å². The molecule has 0 atom stereocenters. The summed E-state index contributed by atoms with van der Waals surface area (Å²) in [5.41, 5.74) is 7.84. The Hall–Kier alpha value is -1.77. The van der Waals surface area contributed by atoms with E-state index in [0.717, 1.165) is 24.3 Å². The highest BCUT2D eigenvalue weighted by molar-refractivity contribution is 5.45. The second-order valence-corrected chi connectivity index (χ2v) is 4.43. The molecular weight excluding hydrogens is 200 g/mol. The number of hydrogen-bond donors (Lipinski definition) is 1. The van der Waals surface area contributed by atoms with E-state index in [-0.39, 0.29) is 5.41 Å². The summed E-state index contributed by atoms with van der Waals surface area (Å²) in [5, 5.41) is 3.81. The van der Waals surface area contributed by atoms with Crippen molar-refractivity contribution >= 4 is 5.69 Å². The van der Waals surface area contributed by atoms with Gasteiger partial charge in [0.25, 0.3) is 0 Å². The molecule has 1 aromatic heterocycles. The first-order valence-corrected chi connectivity index (χ1v) is 5.58. The first kappa shape index (κ1) is 9.46. The number of benzene rings is 1. The Morgan fingerprint density at radius 2 is 1.88 bits per heavy atom. The number of rotatable bonds is 2. The first-order chi connectivity index (χ1) is 7.81. The highest BCUT2D eigenvalue weighted by Gasteiger charge is 2.43. The van der Waals surface area contributed by atoms with Crippen LogP contribution in [0, 0.1) is 0 Å². The van der Waals surface area contributed by atoms with E-state index in [0.29, 0.717) is 0 Å². The van der Waals surface area contributed by atoms with Crippen molar-refractivity contribution in [3.05, 3.63) is 47.9 Å². The predicted octanol–water partition coefficient (Wildman–Crippen LogP) is 2.73. The number of nitrogen functional groups attached to an aromatic ring is 1. The Balaban J connectivity index is 2.05. The van der Waals surface area contributed by atoms with Crippen molar-refractivity contribution in [2.45, 2.75) is 24.7 Å². The average Bonchev–Trinajstić information content (AvgIpc) is 2.73. The van der Waals surface area contributed by atoms with Crippen molar-refractivity contribution < 1.29 is 4.52 Å². The van der Waals surface area contributed by atoms with E-state index in [4.69, 9.17) is 10.3 Å². The van der Waals surface area contributed by atoms with Gasteiger partial charge in [0.2, 0.25) is 0 Å². The molecule has 3 heteroatoms. The molecular formula is C13H14N2O. The maximum atomic E-state index is 5.71. The van der Waals surface area contributed by atoms with Crippen LogP contribution in [0.5, 0.6) is 0 Å². The molecule has 1 aliphatic rings. The van der Waals surface area contributed by atoms with Crippen LogP contribution >= 0.6 is 0 Å². The van der Waals surface area contributed by atoms with E-state index in [2.05, 4.69) is 17.3 Å². The lowest BCUT2D eigenvalue weighted by Crippen LogP contribution is -2.34. The lowest BCUT2D eigenvalue weighted by atomic mass is 9.63. The van der Waals surface area contributed by atoms with Gasteiger partial charge in [-0.3, -0.25) is 0 Å². The standard InChI is InChI=1S/C13H14N2O/c14-11-4-2-10(3-5-11)13(7-1-8-13)12-6-9-15-16-12/h2-6,9H,1,7-8,14H2. The van der Waals surface area contributed by atoms with Gasteiger partial charge < -0.3 is 10.3 Å². The highest BCUT2D eigenvalue weighted by Crippen LogP contribution is 2.48. The second-order valence-electron chi connectivity index (χ2n) is 4.43. The first-order valence-electron chi connectivity index (χ1n) is 5.58. The molecule has 1 fully saturated rings. The molecule has 0 spiro atoms. The Bertz CT molecular complexity index is 469. The van der Waals surface area contributed by atoms with Gasteiger partial charge in [-0.15, -0.1) is 0 Å². The topological polar surface area (TPSA) is 52.0 Å². The quantitative estimate of drug-likeness (QED) is 0.782. The zero-order valence-corrected chi connectivity index (χ0v) is 9.02. The van der Waals surface area contributed by atoms with E-state index >= 15 is 0 Å². The minimum absolute atomic E-state index is 0.0458. The van der Waals surface area contributed by atoms with Crippen molar-refractivity contribution in [2.75, 3.05) is 5.73 Å². The van der Waals surface area contributed by atoms with Crippen LogP contribution in [0.15, 0.2) is 41.1 Å². The van der Waals surface area contributed by atoms with Crippen LogP contribution in [0.2, 0.25) is 0 Å². The van der Waals surface area contributed by atoms with Crippen LogP contribution in [-0.2, 0) is 5.41 Å². The summed E-state index contributed by atoms with van der Waals surface area (Å²) in [6.07, 6.45) is 5.22. The summed E-state index contributed by atoms with van der Waals surface area (Å²) in [6, 6.07) is 10.1. The van der Waals surface area contributed by atoms with Gasteiger partial charge in [0.05, 0.1) is 11.6 Å². The van der Waals surface area contributed by atoms with Crippen LogP contribution in [0.4, 0.5) is 5.69 Å². The molecule has 82 valence electrons. The van der Waals surface area contributed by atoms with E-state index in [9.17, 15) is 0 Å². The molecule has 0 aliphatic heterocycles. The molecule has 1 aromatic carbocycles. The minimum Gasteiger partial charge on any atom is -0.399 e. The molecule has 0 saturated heterocycles. The molecule has 0 bridgehead atoms. The van der Waals surface area contributed by atoms with Gasteiger partial charge in [-0.2, -0.15) is 0 Å². The molecule has 16 heavy (non-hydrogen) atoms. The number of hydrogen-bond acceptors (Lipinski definition) is 3. The van der Waals surface area contributed by atoms with Gasteiger partial charge in [-0.1, -0.05) is 23.7 Å². The molecule has 3 rings (SSSR count). The zero-order chi connectivity index (χ0) is 11.0. The van der Waals surface area contributed by atoms with E-state index < -0.39 is 0 Å². The van der Waals surface area contributed by atoms with Gasteiger partial charge in [0, 0.05) is 11.8 Å². The summed E-state index contributed by atoms with van der Waals surface area (Å²) in [6.45, 7) is 0. The van der Waals surface area contributed by atoms with Crippen molar-refractivity contribution in [2.24, 2.45) is 0 Å². The summed E-state index contributed by atoms with van der Waals surface area (Å²) in [7, 11) is 0. The fourth-order valence-electron chi connectivity index (χ4n) is 2.47. The third-order valence-corrected chi connectivity index (χ3v) is 3.58. The molecule has 0 amide bonds. The SMILES string of the molecule is Nc1ccc(C2(c3ccno3)CCC2)cc1. The smallest absolute Gasteiger partial charge is 0.147 e. The van der Waals surface area contributed by atoms with Gasteiger partial charge >= 0.3 is 0 Å². The molecule has 0 radical (unpaired) electrons. The number of nitrogens with zero attached hydrogens (tertiary/aromatic N) is 1. The summed E-state index contributed by atoms with van der Waals surface area (Å²) < 4.78 is 5.34. The predicted molar refractivity (Wildman–Crippen MR) is 62.0 cm³/mol. The Morgan fingerprint density at radius 1 is 1.12 bits per heavy atom. The van der Waals surface area contributed by atoms with Crippen LogP contribution in [0.1, 0.15) is 30.6 Å². The molecule has 3 nitrogen and oxygen atoms in total. The van der Waals surface area contributed by atoms with Gasteiger partial charge in [0.1, 0.15) is 5.76 Å². The third-order valence-electron chi connectivity index (χ3n) is 3.58. The van der Waals surface area contributed by atoms with E-state index in [1.807, 2.05) is 18.2 Å². The van der Waals surface area contributed by atoms with Gasteiger partial charge in [0.15, 0.2) is 0 Å². The number of aromatic nitrogens is 1. The maximum absolute atomic E-state index is 5.71. The highest BCUT2D eigenvalue weighted by atomic mass is 16.5. The average molecular weight is 214 g/mol. The molecule has 1 saturated carbocycles. The van der Waals surface area contributed by atoms with Crippen molar-refractivity contribution in [3.8, 4) is 0 Å². The third kappa shape index (κ3) is 1.24. The van der Waals surface area contributed by atoms with Gasteiger partial charge in [-0.25, -0.2) is 0 Å².